The molecule has 0 aliphatic rings. The van der Waals surface area contributed by atoms with Crippen molar-refractivity contribution >= 4 is 25.7 Å². The first-order valence-electron chi connectivity index (χ1n) is 19.1. The lowest BCUT2D eigenvalue weighted by Crippen LogP contribution is -2.45. The van der Waals surface area contributed by atoms with Gasteiger partial charge in [-0.25, -0.2) is 14.2 Å². The summed E-state index contributed by atoms with van der Waals surface area (Å²) in [6.07, 6.45) is 14.5. The predicted molar refractivity (Wildman–Crippen MR) is 203 cm³/mol. The summed E-state index contributed by atoms with van der Waals surface area (Å²) >= 11 is 0. The van der Waals surface area contributed by atoms with Gasteiger partial charge in [-0.2, -0.15) is 0 Å². The molecule has 13 heteroatoms. The zero-order valence-corrected chi connectivity index (χ0v) is 32.6. The van der Waals surface area contributed by atoms with Crippen molar-refractivity contribution in [2.45, 2.75) is 129 Å². The van der Waals surface area contributed by atoms with Gasteiger partial charge >= 0.3 is 19.9 Å². The second-order valence-corrected chi connectivity index (χ2v) is 14.6. The Morgan fingerprint density at radius 1 is 0.679 bits per heavy atom. The van der Waals surface area contributed by atoms with Crippen LogP contribution < -0.4 is 5.32 Å². The van der Waals surface area contributed by atoms with E-state index in [-0.39, 0.29) is 26.4 Å². The smallest absolute Gasteiger partial charge is 0.459 e. The van der Waals surface area contributed by atoms with Crippen LogP contribution in [0.2, 0.25) is 0 Å². The van der Waals surface area contributed by atoms with E-state index < -0.39 is 38.6 Å². The molecule has 3 atom stereocenters. The molecule has 298 valence electrons. The molecule has 2 aromatic carbocycles. The van der Waals surface area contributed by atoms with Gasteiger partial charge in [-0.1, -0.05) is 132 Å². The van der Waals surface area contributed by atoms with E-state index in [0.29, 0.717) is 30.8 Å². The summed E-state index contributed by atoms with van der Waals surface area (Å²) in [6, 6.07) is 16.4. The Labute approximate surface area is 316 Å². The predicted octanol–water partition coefficient (Wildman–Crippen LogP) is 8.63. The number of esters is 1. The number of ether oxygens (including phenoxy) is 4. The SMILES string of the molecule is CCCCCCCCCCCC(=O)CCCCCCOCC(COP(=O)(O)OC[C@H](NC(=O)OCc1ccccc1)C(=O)OCc1ccccc1)OC. The largest absolute Gasteiger partial charge is 0.472 e. The molecule has 0 aliphatic heterocycles. The van der Waals surface area contributed by atoms with Crippen molar-refractivity contribution in [1.82, 2.24) is 5.32 Å². The van der Waals surface area contributed by atoms with E-state index in [1.807, 2.05) is 12.1 Å². The van der Waals surface area contributed by atoms with Crippen molar-refractivity contribution in [3.05, 3.63) is 71.8 Å². The Balaban J connectivity index is 1.63. The molecule has 1 amide bonds. The van der Waals surface area contributed by atoms with Gasteiger partial charge in [0.05, 0.1) is 19.8 Å². The monoisotopic (exact) mass is 763 g/mol. The maximum absolute atomic E-state index is 12.9. The summed E-state index contributed by atoms with van der Waals surface area (Å²) in [5.74, 6) is -0.539. The van der Waals surface area contributed by atoms with Crippen LogP contribution in [0.15, 0.2) is 60.7 Å². The third-order valence-electron chi connectivity index (χ3n) is 8.53. The maximum Gasteiger partial charge on any atom is 0.472 e. The van der Waals surface area contributed by atoms with Gasteiger partial charge in [0.1, 0.15) is 25.1 Å². The molecule has 0 bridgehead atoms. The van der Waals surface area contributed by atoms with Crippen molar-refractivity contribution < 1.29 is 51.8 Å². The third-order valence-corrected chi connectivity index (χ3v) is 9.48. The standard InChI is InChI=1S/C40H62NO11P/c1-3-4-5-6-7-8-9-10-19-26-36(42)27-20-11-12-21-28-48-31-37(47-2)32-51-53(45,46)52-33-38(39(43)49-29-34-22-15-13-16-23-34)41-40(44)50-30-35-24-17-14-18-25-35/h13-18,22-25,37-38H,3-12,19-21,26-33H2,1-2H3,(H,41,44)(H,45,46)/t37?,38-/m0/s1. The highest BCUT2D eigenvalue weighted by Gasteiger charge is 2.30. The van der Waals surface area contributed by atoms with Crippen molar-refractivity contribution in [2.24, 2.45) is 0 Å². The molecule has 0 saturated heterocycles. The average molecular weight is 764 g/mol. The average Bonchev–Trinajstić information content (AvgIpc) is 3.17. The van der Waals surface area contributed by atoms with Crippen molar-refractivity contribution in [2.75, 3.05) is 33.5 Å². The number of carbonyl (C=O) groups excluding carboxylic acids is 3. The van der Waals surface area contributed by atoms with Crippen LogP contribution in [0.25, 0.3) is 0 Å². The van der Waals surface area contributed by atoms with Crippen LogP contribution in [0, 0.1) is 0 Å². The molecule has 0 heterocycles. The molecule has 2 unspecified atom stereocenters. The highest BCUT2D eigenvalue weighted by Crippen LogP contribution is 2.43. The van der Waals surface area contributed by atoms with Crippen molar-refractivity contribution in [3.8, 4) is 0 Å². The van der Waals surface area contributed by atoms with E-state index >= 15 is 0 Å². The number of rotatable bonds is 32. The Hall–Kier alpha value is -3.12. The number of phosphoric acid groups is 1. The molecule has 0 radical (unpaired) electrons. The molecular weight excluding hydrogens is 701 g/mol. The fourth-order valence-electron chi connectivity index (χ4n) is 5.32. The quantitative estimate of drug-likeness (QED) is 0.0418. The highest BCUT2D eigenvalue weighted by atomic mass is 31.2. The van der Waals surface area contributed by atoms with E-state index in [1.165, 1.54) is 52.1 Å². The Bertz CT molecular complexity index is 1300. The van der Waals surface area contributed by atoms with Gasteiger partial charge < -0.3 is 29.2 Å². The first-order chi connectivity index (χ1) is 25.7. The first-order valence-corrected chi connectivity index (χ1v) is 20.6. The molecule has 0 fully saturated rings. The van der Waals surface area contributed by atoms with Crippen LogP contribution in [0.4, 0.5) is 4.79 Å². The minimum Gasteiger partial charge on any atom is -0.459 e. The summed E-state index contributed by atoms with van der Waals surface area (Å²) in [5, 5.41) is 2.34. The van der Waals surface area contributed by atoms with Gasteiger partial charge in [0.25, 0.3) is 0 Å². The minimum atomic E-state index is -4.68. The van der Waals surface area contributed by atoms with Crippen molar-refractivity contribution in [1.29, 1.82) is 0 Å². The van der Waals surface area contributed by atoms with E-state index in [1.54, 1.807) is 48.5 Å². The van der Waals surface area contributed by atoms with E-state index in [9.17, 15) is 23.8 Å². The van der Waals surface area contributed by atoms with Crippen LogP contribution >= 0.6 is 7.82 Å². The van der Waals surface area contributed by atoms with E-state index in [0.717, 1.165) is 44.1 Å². The van der Waals surface area contributed by atoms with Crippen LogP contribution in [-0.2, 0) is 55.4 Å². The molecule has 12 nitrogen and oxygen atoms in total. The number of methoxy groups -OCH3 is 1. The van der Waals surface area contributed by atoms with Gasteiger partial charge in [0.2, 0.25) is 0 Å². The molecule has 0 aliphatic carbocycles. The fraction of sp³-hybridized carbons (Fsp3) is 0.625. The topological polar surface area (TPSA) is 156 Å². The zero-order valence-electron chi connectivity index (χ0n) is 31.8. The minimum absolute atomic E-state index is 0.0537. The summed E-state index contributed by atoms with van der Waals surface area (Å²) in [4.78, 5) is 47.9. The fourth-order valence-corrected chi connectivity index (χ4v) is 6.09. The van der Waals surface area contributed by atoms with Gasteiger partial charge in [-0.3, -0.25) is 13.8 Å². The second-order valence-electron chi connectivity index (χ2n) is 13.1. The normalized spacial score (nSPS) is 13.5. The number of phosphoric ester groups is 1. The number of nitrogens with one attached hydrogen (secondary N) is 1. The molecule has 0 aromatic heterocycles. The highest BCUT2D eigenvalue weighted by molar-refractivity contribution is 7.47. The van der Waals surface area contributed by atoms with Crippen LogP contribution in [0.5, 0.6) is 0 Å². The number of alkyl carbamates (subject to hydrolysis) is 1. The number of benzene rings is 2. The second kappa shape index (κ2) is 29.3. The van der Waals surface area contributed by atoms with Crippen LogP contribution in [-0.4, -0.2) is 68.4 Å². The molecule has 0 spiro atoms. The number of hydrogen-bond donors (Lipinski definition) is 2. The molecule has 2 rings (SSSR count). The number of hydrogen-bond acceptors (Lipinski definition) is 10. The Morgan fingerprint density at radius 3 is 1.75 bits per heavy atom. The molecule has 2 aromatic rings. The lowest BCUT2D eigenvalue weighted by Gasteiger charge is -2.21. The van der Waals surface area contributed by atoms with Crippen LogP contribution in [0.3, 0.4) is 0 Å². The van der Waals surface area contributed by atoms with E-state index in [4.69, 9.17) is 28.0 Å². The van der Waals surface area contributed by atoms with E-state index in [2.05, 4.69) is 12.2 Å². The van der Waals surface area contributed by atoms with Crippen molar-refractivity contribution in [3.63, 3.8) is 0 Å². The zero-order chi connectivity index (χ0) is 38.4. The number of Topliss-reactive ketones (excluding diaryl/α,β-unsaturated/α-hetero) is 1. The van der Waals surface area contributed by atoms with Gasteiger partial charge in [-0.05, 0) is 30.4 Å². The number of ketones is 1. The summed E-state index contributed by atoms with van der Waals surface area (Å²) in [7, 11) is -3.26. The lowest BCUT2D eigenvalue weighted by molar-refractivity contribution is -0.148. The third kappa shape index (κ3) is 24.0. The lowest BCUT2D eigenvalue weighted by atomic mass is 10.0. The number of carbonyl (C=O) groups is 3. The molecule has 0 saturated carbocycles. The number of unbranched alkanes of at least 4 members (excludes halogenated alkanes) is 11. The van der Waals surface area contributed by atoms with Gasteiger partial charge in [-0.15, -0.1) is 0 Å². The summed E-state index contributed by atoms with van der Waals surface area (Å²) in [5.41, 5.74) is 1.44. The molecular formula is C40H62NO11P. The summed E-state index contributed by atoms with van der Waals surface area (Å²) in [6.45, 7) is 1.65. The molecule has 53 heavy (non-hydrogen) atoms. The van der Waals surface area contributed by atoms with Gasteiger partial charge in [0.15, 0.2) is 6.04 Å². The van der Waals surface area contributed by atoms with Crippen LogP contribution in [0.1, 0.15) is 114 Å². The Morgan fingerprint density at radius 2 is 1.19 bits per heavy atom. The molecule has 2 N–H and O–H groups in total. The Kier molecular flexibility index (Phi) is 25.4. The first kappa shape index (κ1) is 46.0. The summed E-state index contributed by atoms with van der Waals surface area (Å²) < 4.78 is 44.4. The maximum atomic E-state index is 12.9. The number of amides is 1. The van der Waals surface area contributed by atoms with Gasteiger partial charge in [0, 0.05) is 26.6 Å².